The van der Waals surface area contributed by atoms with Gasteiger partial charge in [0.2, 0.25) is 11.9 Å². The highest BCUT2D eigenvalue weighted by Gasteiger charge is 2.28. The first kappa shape index (κ1) is 25.9. The second-order valence-electron chi connectivity index (χ2n) is 8.16. The monoisotopic (exact) mass is 531 g/mol. The zero-order chi connectivity index (χ0) is 25.8. The fourth-order valence-electron chi connectivity index (χ4n) is 4.12. The Morgan fingerprint density at radius 1 is 1.19 bits per heavy atom. The van der Waals surface area contributed by atoms with Crippen molar-refractivity contribution in [3.63, 3.8) is 0 Å². The van der Waals surface area contributed by atoms with Crippen LogP contribution in [0.2, 0.25) is 10.0 Å². The average molecular weight is 532 g/mol. The third-order valence-corrected chi connectivity index (χ3v) is 6.74. The van der Waals surface area contributed by atoms with E-state index in [2.05, 4.69) is 22.2 Å². The number of aromatic nitrogens is 3. The van der Waals surface area contributed by atoms with Gasteiger partial charge in [-0.15, -0.1) is 0 Å². The number of anilines is 1. The van der Waals surface area contributed by atoms with Crippen molar-refractivity contribution in [1.29, 1.82) is 0 Å². The first-order chi connectivity index (χ1) is 17.4. The van der Waals surface area contributed by atoms with Crippen LogP contribution in [0.4, 0.5) is 5.95 Å². The molecule has 4 rings (SSSR count). The number of amides is 1. The van der Waals surface area contributed by atoms with Crippen LogP contribution in [0.5, 0.6) is 11.5 Å². The Balaban J connectivity index is 1.72. The van der Waals surface area contributed by atoms with Gasteiger partial charge in [-0.05, 0) is 25.0 Å². The number of halogens is 2. The van der Waals surface area contributed by atoms with Gasteiger partial charge in [-0.2, -0.15) is 0 Å². The fraction of sp³-hybridized carbons (Fsp3) is 0.360. The molecule has 1 amide bonds. The van der Waals surface area contributed by atoms with Gasteiger partial charge in [-0.1, -0.05) is 36.7 Å². The van der Waals surface area contributed by atoms with E-state index >= 15 is 0 Å². The number of benzene rings is 1. The number of methoxy groups -OCH3 is 2. The molecule has 1 aromatic carbocycles. The smallest absolute Gasteiger partial charge is 0.243 e. The number of rotatable bonds is 8. The zero-order valence-electron chi connectivity index (χ0n) is 20.2. The van der Waals surface area contributed by atoms with Crippen LogP contribution in [0.15, 0.2) is 31.0 Å². The molecule has 0 spiro atoms. The molecular formula is C25H27Cl2N5O4. The summed E-state index contributed by atoms with van der Waals surface area (Å²) < 4.78 is 16.4. The van der Waals surface area contributed by atoms with Crippen LogP contribution in [0, 0.1) is 0 Å². The summed E-state index contributed by atoms with van der Waals surface area (Å²) in [5, 5.41) is 7.68. The van der Waals surface area contributed by atoms with Crippen LogP contribution in [0.25, 0.3) is 22.2 Å². The lowest BCUT2D eigenvalue weighted by Gasteiger charge is -2.32. The summed E-state index contributed by atoms with van der Waals surface area (Å²) in [5.74, 6) is 1.04. The quantitative estimate of drug-likeness (QED) is 0.410. The number of carbonyl (C=O) groups excluding carboxylic acids is 1. The number of hydrogen-bond donors (Lipinski definition) is 2. The average Bonchev–Trinajstić information content (AvgIpc) is 2.89. The maximum Gasteiger partial charge on any atom is 0.243 e. The van der Waals surface area contributed by atoms with Gasteiger partial charge in [-0.25, -0.2) is 9.97 Å². The van der Waals surface area contributed by atoms with Crippen LogP contribution in [0.3, 0.4) is 0 Å². The Morgan fingerprint density at radius 3 is 2.56 bits per heavy atom. The lowest BCUT2D eigenvalue weighted by Crippen LogP contribution is -2.52. The predicted molar refractivity (Wildman–Crippen MR) is 140 cm³/mol. The number of fused-ring (bicyclic) bond motifs is 1. The maximum absolute atomic E-state index is 11.8. The first-order valence-corrected chi connectivity index (χ1v) is 12.2. The highest BCUT2D eigenvalue weighted by atomic mass is 35.5. The minimum atomic E-state index is -0.232. The van der Waals surface area contributed by atoms with Crippen LogP contribution >= 0.6 is 23.2 Å². The number of nitrogens with zero attached hydrogens (tertiary/aromatic N) is 3. The summed E-state index contributed by atoms with van der Waals surface area (Å²) >= 11 is 13.2. The van der Waals surface area contributed by atoms with Crippen LogP contribution < -0.4 is 20.1 Å². The Labute approximate surface area is 219 Å². The Kier molecular flexibility index (Phi) is 8.13. The molecule has 1 aliphatic heterocycles. The number of nitrogens with one attached hydrogen (secondary N) is 2. The molecule has 1 aliphatic rings. The minimum absolute atomic E-state index is 0.137. The van der Waals surface area contributed by atoms with Gasteiger partial charge < -0.3 is 24.8 Å². The molecule has 0 bridgehead atoms. The van der Waals surface area contributed by atoms with Crippen molar-refractivity contribution in [3.05, 3.63) is 46.7 Å². The molecular weight excluding hydrogens is 505 g/mol. The molecule has 190 valence electrons. The van der Waals surface area contributed by atoms with Crippen molar-refractivity contribution in [1.82, 2.24) is 20.3 Å². The van der Waals surface area contributed by atoms with Crippen molar-refractivity contribution in [2.24, 2.45) is 0 Å². The molecule has 9 nitrogen and oxygen atoms in total. The number of pyridine rings is 1. The third kappa shape index (κ3) is 5.18. The van der Waals surface area contributed by atoms with E-state index in [4.69, 9.17) is 47.4 Å². The van der Waals surface area contributed by atoms with Crippen LogP contribution in [-0.2, 0) is 16.0 Å². The van der Waals surface area contributed by atoms with Gasteiger partial charge in [0.15, 0.2) is 0 Å². The number of ether oxygens (including phenoxy) is 3. The highest BCUT2D eigenvalue weighted by Crippen LogP contribution is 2.45. The predicted octanol–water partition coefficient (Wildman–Crippen LogP) is 4.45. The summed E-state index contributed by atoms with van der Waals surface area (Å²) in [7, 11) is 3.05. The molecule has 0 aliphatic carbocycles. The van der Waals surface area contributed by atoms with E-state index in [0.717, 1.165) is 11.1 Å². The Morgan fingerprint density at radius 2 is 1.92 bits per heavy atom. The SMILES string of the molecule is C=CC(=O)NC1CCOC[C@H]1Nc1ncc2cc(-c3c(Cl)c(OC)cc(OC)c3Cl)nc(CC)c2n1. The molecule has 36 heavy (non-hydrogen) atoms. The van der Waals surface area contributed by atoms with Crippen LogP contribution in [0.1, 0.15) is 19.0 Å². The second kappa shape index (κ2) is 11.3. The largest absolute Gasteiger partial charge is 0.495 e. The van der Waals surface area contributed by atoms with E-state index in [0.29, 0.717) is 70.3 Å². The zero-order valence-corrected chi connectivity index (χ0v) is 21.7. The first-order valence-electron chi connectivity index (χ1n) is 11.4. The number of aryl methyl sites for hydroxylation is 1. The maximum atomic E-state index is 11.8. The van der Waals surface area contributed by atoms with E-state index in [1.165, 1.54) is 20.3 Å². The molecule has 1 fully saturated rings. The Bertz CT molecular complexity index is 1280. The highest BCUT2D eigenvalue weighted by molar-refractivity contribution is 6.41. The van der Waals surface area contributed by atoms with Gasteiger partial charge in [0, 0.05) is 29.8 Å². The van der Waals surface area contributed by atoms with Crippen molar-refractivity contribution in [3.8, 4) is 22.8 Å². The van der Waals surface area contributed by atoms with Crippen molar-refractivity contribution in [2.45, 2.75) is 31.8 Å². The molecule has 3 heterocycles. The fourth-order valence-corrected chi connectivity index (χ4v) is 4.82. The summed E-state index contributed by atoms with van der Waals surface area (Å²) in [6, 6.07) is 3.14. The normalized spacial score (nSPS) is 17.5. The van der Waals surface area contributed by atoms with Gasteiger partial charge in [0.1, 0.15) is 11.5 Å². The van der Waals surface area contributed by atoms with Crippen molar-refractivity contribution in [2.75, 3.05) is 32.8 Å². The van der Waals surface area contributed by atoms with E-state index < -0.39 is 0 Å². The topological polar surface area (TPSA) is 107 Å². The molecule has 2 aromatic heterocycles. The van der Waals surface area contributed by atoms with Crippen molar-refractivity contribution >= 4 is 46.0 Å². The summed E-state index contributed by atoms with van der Waals surface area (Å²) in [5.41, 5.74) is 2.51. The van der Waals surface area contributed by atoms with Crippen LogP contribution in [-0.4, -0.2) is 60.4 Å². The third-order valence-electron chi connectivity index (χ3n) is 5.99. The standard InChI is InChI=1S/C25H27Cl2N5O4/c1-5-14-24-13(9-16(29-14)21-22(26)18(34-3)10-19(35-4)23(21)27)11-28-25(32-24)31-17-12-36-8-7-15(17)30-20(33)6-2/h6,9-11,15,17H,2,5,7-8,12H2,1,3-4H3,(H,30,33)(H,28,31,32)/t15?,17-/m1/s1. The number of carbonyl (C=O) groups is 1. The van der Waals surface area contributed by atoms with E-state index in [9.17, 15) is 4.79 Å². The van der Waals surface area contributed by atoms with Gasteiger partial charge in [0.25, 0.3) is 0 Å². The minimum Gasteiger partial charge on any atom is -0.495 e. The molecule has 1 saturated heterocycles. The molecule has 0 saturated carbocycles. The Hall–Kier alpha value is -3.14. The van der Waals surface area contributed by atoms with Gasteiger partial charge in [0.05, 0.1) is 59.9 Å². The molecule has 2 atom stereocenters. The van der Waals surface area contributed by atoms with E-state index in [1.54, 1.807) is 12.3 Å². The summed E-state index contributed by atoms with van der Waals surface area (Å²) in [6.07, 6.45) is 4.25. The summed E-state index contributed by atoms with van der Waals surface area (Å²) in [6.45, 7) is 6.49. The second-order valence-corrected chi connectivity index (χ2v) is 8.91. The lowest BCUT2D eigenvalue weighted by molar-refractivity contribution is -0.117. The van der Waals surface area contributed by atoms with E-state index in [-0.39, 0.29) is 18.0 Å². The van der Waals surface area contributed by atoms with Gasteiger partial charge in [-0.3, -0.25) is 9.78 Å². The van der Waals surface area contributed by atoms with E-state index in [1.807, 2.05) is 13.0 Å². The molecule has 2 N–H and O–H groups in total. The lowest BCUT2D eigenvalue weighted by atomic mass is 10.0. The molecule has 1 unspecified atom stereocenters. The molecule has 3 aromatic rings. The molecule has 11 heteroatoms. The van der Waals surface area contributed by atoms with Crippen molar-refractivity contribution < 1.29 is 19.0 Å². The molecule has 0 radical (unpaired) electrons. The summed E-state index contributed by atoms with van der Waals surface area (Å²) in [4.78, 5) is 25.9. The number of hydrogen-bond acceptors (Lipinski definition) is 8. The van der Waals surface area contributed by atoms with Gasteiger partial charge >= 0.3 is 0 Å².